The first-order valence-electron chi connectivity index (χ1n) is 5.34. The molecule has 6 heteroatoms. The number of rotatable bonds is 4. The second-order valence-corrected chi connectivity index (χ2v) is 5.73. The van der Waals surface area contributed by atoms with Crippen molar-refractivity contribution in [2.24, 2.45) is 0 Å². The Balaban J connectivity index is 2.13. The number of benzene rings is 1. The van der Waals surface area contributed by atoms with Crippen molar-refractivity contribution >= 4 is 33.7 Å². The fourth-order valence-corrected chi connectivity index (χ4v) is 2.50. The van der Waals surface area contributed by atoms with E-state index in [0.717, 1.165) is 4.90 Å². The summed E-state index contributed by atoms with van der Waals surface area (Å²) < 4.78 is 14.2. The Hall–Kier alpha value is -1.40. The molecule has 1 aromatic heterocycles. The summed E-state index contributed by atoms with van der Waals surface area (Å²) in [5.41, 5.74) is 0.709. The van der Waals surface area contributed by atoms with Gasteiger partial charge in [-0.05, 0) is 39.7 Å². The first-order chi connectivity index (χ1) is 9.04. The molecule has 0 atom stereocenters. The third-order valence-corrected chi connectivity index (χ3v) is 3.70. The Morgan fingerprint density at radius 3 is 2.63 bits per heavy atom. The molecular formula is C13H9BrFNO2S. The van der Waals surface area contributed by atoms with E-state index in [9.17, 15) is 9.18 Å². The zero-order valence-corrected chi connectivity index (χ0v) is 12.0. The summed E-state index contributed by atoms with van der Waals surface area (Å²) in [6.45, 7) is 0. The molecule has 3 nitrogen and oxygen atoms in total. The highest BCUT2D eigenvalue weighted by Gasteiger charge is 2.07. The van der Waals surface area contributed by atoms with Crippen LogP contribution in [0.2, 0.25) is 0 Å². The van der Waals surface area contributed by atoms with E-state index in [2.05, 4.69) is 20.9 Å². The van der Waals surface area contributed by atoms with E-state index in [0.29, 0.717) is 10.0 Å². The Morgan fingerprint density at radius 1 is 1.37 bits per heavy atom. The number of aliphatic carboxylic acids is 1. The Kier molecular flexibility index (Phi) is 4.55. The van der Waals surface area contributed by atoms with E-state index < -0.39 is 11.8 Å². The number of carboxylic acid groups (broad SMARTS) is 1. The van der Waals surface area contributed by atoms with Gasteiger partial charge in [-0.3, -0.25) is 4.79 Å². The molecule has 19 heavy (non-hydrogen) atoms. The van der Waals surface area contributed by atoms with Crippen molar-refractivity contribution in [3.05, 3.63) is 52.4 Å². The molecule has 0 bridgehead atoms. The van der Waals surface area contributed by atoms with Gasteiger partial charge in [0, 0.05) is 15.6 Å². The topological polar surface area (TPSA) is 50.2 Å². The van der Waals surface area contributed by atoms with Crippen LogP contribution in [-0.2, 0) is 11.2 Å². The van der Waals surface area contributed by atoms with Crippen molar-refractivity contribution in [2.75, 3.05) is 0 Å². The van der Waals surface area contributed by atoms with Crippen molar-refractivity contribution in [3.8, 4) is 0 Å². The lowest BCUT2D eigenvalue weighted by Crippen LogP contribution is -1.99. The van der Waals surface area contributed by atoms with E-state index >= 15 is 0 Å². The maximum Gasteiger partial charge on any atom is 0.307 e. The van der Waals surface area contributed by atoms with Crippen LogP contribution in [0.4, 0.5) is 4.39 Å². The molecule has 0 fully saturated rings. The minimum Gasteiger partial charge on any atom is -0.481 e. The molecule has 1 N–H and O–H groups in total. The highest BCUT2D eigenvalue weighted by atomic mass is 79.9. The number of hydrogen-bond acceptors (Lipinski definition) is 3. The second-order valence-electron chi connectivity index (χ2n) is 3.76. The van der Waals surface area contributed by atoms with E-state index in [1.807, 2.05) is 0 Å². The number of carboxylic acids is 1. The Morgan fingerprint density at radius 2 is 2.05 bits per heavy atom. The van der Waals surface area contributed by atoms with Gasteiger partial charge in [-0.25, -0.2) is 9.37 Å². The molecule has 1 aromatic carbocycles. The van der Waals surface area contributed by atoms with Crippen LogP contribution >= 0.6 is 27.7 Å². The molecule has 2 aromatic rings. The van der Waals surface area contributed by atoms with Crippen LogP contribution in [0.1, 0.15) is 5.56 Å². The number of pyridine rings is 1. The Labute approximate surface area is 122 Å². The van der Waals surface area contributed by atoms with Crippen LogP contribution < -0.4 is 0 Å². The first kappa shape index (κ1) is 14.0. The van der Waals surface area contributed by atoms with Gasteiger partial charge in [0.25, 0.3) is 0 Å². The van der Waals surface area contributed by atoms with E-state index in [1.165, 1.54) is 24.0 Å². The van der Waals surface area contributed by atoms with Crippen LogP contribution in [-0.4, -0.2) is 16.1 Å². The summed E-state index contributed by atoms with van der Waals surface area (Å²) in [5.74, 6) is -1.27. The quantitative estimate of drug-likeness (QED) is 0.919. The molecule has 0 amide bonds. The molecule has 0 radical (unpaired) electrons. The zero-order chi connectivity index (χ0) is 13.8. The molecule has 0 saturated heterocycles. The second kappa shape index (κ2) is 6.16. The van der Waals surface area contributed by atoms with Gasteiger partial charge in [0.15, 0.2) is 5.82 Å². The van der Waals surface area contributed by atoms with Crippen molar-refractivity contribution in [3.63, 3.8) is 0 Å². The maximum absolute atomic E-state index is 13.6. The third kappa shape index (κ3) is 4.04. The van der Waals surface area contributed by atoms with Gasteiger partial charge in [0.2, 0.25) is 0 Å². The van der Waals surface area contributed by atoms with Gasteiger partial charge >= 0.3 is 5.97 Å². The maximum atomic E-state index is 13.6. The minimum absolute atomic E-state index is 0.0180. The van der Waals surface area contributed by atoms with Crippen molar-refractivity contribution in [2.45, 2.75) is 16.3 Å². The SMILES string of the molecule is O=C(O)Cc1ccc(Sc2ncc(Br)cc2F)cc1. The van der Waals surface area contributed by atoms with E-state index in [-0.39, 0.29) is 11.4 Å². The molecule has 0 aliphatic rings. The molecule has 0 aliphatic heterocycles. The van der Waals surface area contributed by atoms with Crippen molar-refractivity contribution < 1.29 is 14.3 Å². The monoisotopic (exact) mass is 341 g/mol. The number of hydrogen-bond donors (Lipinski definition) is 1. The Bertz CT molecular complexity index is 604. The molecule has 2 rings (SSSR count). The van der Waals surface area contributed by atoms with Crippen molar-refractivity contribution in [1.29, 1.82) is 0 Å². The summed E-state index contributed by atoms with van der Waals surface area (Å²) in [6, 6.07) is 8.30. The summed E-state index contributed by atoms with van der Waals surface area (Å²) in [4.78, 5) is 15.4. The van der Waals surface area contributed by atoms with Crippen LogP contribution in [0.3, 0.4) is 0 Å². The van der Waals surface area contributed by atoms with Gasteiger partial charge in [-0.1, -0.05) is 23.9 Å². The molecule has 0 spiro atoms. The van der Waals surface area contributed by atoms with E-state index in [1.54, 1.807) is 24.3 Å². The number of nitrogens with zero attached hydrogens (tertiary/aromatic N) is 1. The summed E-state index contributed by atoms with van der Waals surface area (Å²) in [7, 11) is 0. The van der Waals surface area contributed by atoms with Gasteiger partial charge in [0.1, 0.15) is 5.03 Å². The fourth-order valence-electron chi connectivity index (χ4n) is 1.44. The summed E-state index contributed by atoms with van der Waals surface area (Å²) in [6.07, 6.45) is 1.51. The predicted octanol–water partition coefficient (Wildman–Crippen LogP) is 3.76. The number of carbonyl (C=O) groups is 1. The summed E-state index contributed by atoms with van der Waals surface area (Å²) >= 11 is 4.34. The normalized spacial score (nSPS) is 10.4. The third-order valence-electron chi connectivity index (χ3n) is 2.27. The van der Waals surface area contributed by atoms with Gasteiger partial charge in [-0.2, -0.15) is 0 Å². The highest BCUT2D eigenvalue weighted by Crippen LogP contribution is 2.29. The van der Waals surface area contributed by atoms with Crippen LogP contribution in [0.25, 0.3) is 0 Å². The lowest BCUT2D eigenvalue weighted by molar-refractivity contribution is -0.136. The smallest absolute Gasteiger partial charge is 0.307 e. The van der Waals surface area contributed by atoms with Gasteiger partial charge in [0.05, 0.1) is 6.42 Å². The van der Waals surface area contributed by atoms with E-state index in [4.69, 9.17) is 5.11 Å². The molecule has 0 saturated carbocycles. The zero-order valence-electron chi connectivity index (χ0n) is 9.64. The van der Waals surface area contributed by atoms with Crippen LogP contribution in [0, 0.1) is 5.82 Å². The standard InChI is InChI=1S/C13H9BrFNO2S/c14-9-6-11(15)13(16-7-9)19-10-3-1-8(2-4-10)5-12(17)18/h1-4,6-7H,5H2,(H,17,18). The van der Waals surface area contributed by atoms with Gasteiger partial charge in [-0.15, -0.1) is 0 Å². The average Bonchev–Trinajstić information content (AvgIpc) is 2.34. The molecule has 98 valence electrons. The molecule has 0 unspecified atom stereocenters. The van der Waals surface area contributed by atoms with Gasteiger partial charge < -0.3 is 5.11 Å². The highest BCUT2D eigenvalue weighted by molar-refractivity contribution is 9.10. The number of aromatic nitrogens is 1. The van der Waals surface area contributed by atoms with Crippen molar-refractivity contribution in [1.82, 2.24) is 4.98 Å². The average molecular weight is 342 g/mol. The fraction of sp³-hybridized carbons (Fsp3) is 0.0769. The molecular weight excluding hydrogens is 333 g/mol. The lowest BCUT2D eigenvalue weighted by atomic mass is 10.2. The first-order valence-corrected chi connectivity index (χ1v) is 6.95. The minimum atomic E-state index is -0.874. The van der Waals surface area contributed by atoms with Crippen LogP contribution in [0.15, 0.2) is 50.9 Å². The largest absolute Gasteiger partial charge is 0.481 e. The number of halogens is 2. The molecule has 0 aliphatic carbocycles. The predicted molar refractivity (Wildman–Crippen MR) is 73.8 cm³/mol. The lowest BCUT2D eigenvalue weighted by Gasteiger charge is -2.03. The summed E-state index contributed by atoms with van der Waals surface area (Å²) in [5, 5.41) is 8.95. The van der Waals surface area contributed by atoms with Crippen LogP contribution in [0.5, 0.6) is 0 Å². The molecule has 1 heterocycles.